The normalized spacial score (nSPS) is 14.4. The molecule has 0 aliphatic heterocycles. The summed E-state index contributed by atoms with van der Waals surface area (Å²) in [5.74, 6) is 0. The SMILES string of the molecule is CC(Nc1ccc2c(c1)CCC2)c1cccc(C#N)c1. The highest BCUT2D eigenvalue weighted by atomic mass is 14.9. The number of rotatable bonds is 3. The lowest BCUT2D eigenvalue weighted by molar-refractivity contribution is 0.883. The van der Waals surface area contributed by atoms with Crippen LogP contribution >= 0.6 is 0 Å². The van der Waals surface area contributed by atoms with Crippen LogP contribution in [0.5, 0.6) is 0 Å². The lowest BCUT2D eigenvalue weighted by Crippen LogP contribution is -2.07. The van der Waals surface area contributed by atoms with Crippen molar-refractivity contribution in [1.82, 2.24) is 0 Å². The van der Waals surface area contributed by atoms with Gasteiger partial charge in [-0.15, -0.1) is 0 Å². The molecule has 0 spiro atoms. The van der Waals surface area contributed by atoms with E-state index in [9.17, 15) is 0 Å². The molecule has 1 aliphatic rings. The number of nitrogens with one attached hydrogen (secondary N) is 1. The van der Waals surface area contributed by atoms with Crippen molar-refractivity contribution >= 4 is 5.69 Å². The molecule has 1 atom stereocenters. The largest absolute Gasteiger partial charge is 0.379 e. The van der Waals surface area contributed by atoms with Crippen LogP contribution in [-0.4, -0.2) is 0 Å². The molecule has 0 aromatic heterocycles. The van der Waals surface area contributed by atoms with Crippen LogP contribution in [0.25, 0.3) is 0 Å². The van der Waals surface area contributed by atoms with Crippen LogP contribution in [0.2, 0.25) is 0 Å². The van der Waals surface area contributed by atoms with Crippen LogP contribution in [0, 0.1) is 11.3 Å². The van der Waals surface area contributed by atoms with E-state index in [1.165, 1.54) is 36.1 Å². The smallest absolute Gasteiger partial charge is 0.0991 e. The molecule has 2 aromatic rings. The van der Waals surface area contributed by atoms with Crippen LogP contribution in [0.4, 0.5) is 5.69 Å². The Morgan fingerprint density at radius 2 is 1.95 bits per heavy atom. The maximum Gasteiger partial charge on any atom is 0.0991 e. The summed E-state index contributed by atoms with van der Waals surface area (Å²) < 4.78 is 0. The highest BCUT2D eigenvalue weighted by Gasteiger charge is 2.12. The van der Waals surface area contributed by atoms with Crippen LogP contribution in [0.1, 0.15) is 41.6 Å². The van der Waals surface area contributed by atoms with Gasteiger partial charge in [-0.2, -0.15) is 5.26 Å². The molecule has 0 saturated carbocycles. The molecular weight excluding hydrogens is 244 g/mol. The molecular formula is C18H18N2. The second kappa shape index (κ2) is 5.38. The van der Waals surface area contributed by atoms with Crippen LogP contribution < -0.4 is 5.32 Å². The van der Waals surface area contributed by atoms with E-state index in [-0.39, 0.29) is 6.04 Å². The average molecular weight is 262 g/mol. The minimum absolute atomic E-state index is 0.197. The molecule has 1 aliphatic carbocycles. The topological polar surface area (TPSA) is 35.8 Å². The van der Waals surface area contributed by atoms with E-state index in [1.807, 2.05) is 18.2 Å². The Morgan fingerprint density at radius 3 is 2.80 bits per heavy atom. The quantitative estimate of drug-likeness (QED) is 0.899. The number of aryl methyl sites for hydroxylation is 2. The van der Waals surface area contributed by atoms with Gasteiger partial charge in [0.15, 0.2) is 0 Å². The van der Waals surface area contributed by atoms with Crippen molar-refractivity contribution in [2.75, 3.05) is 5.32 Å². The van der Waals surface area contributed by atoms with E-state index in [4.69, 9.17) is 5.26 Å². The van der Waals surface area contributed by atoms with E-state index >= 15 is 0 Å². The van der Waals surface area contributed by atoms with Crippen LogP contribution in [0.15, 0.2) is 42.5 Å². The maximum absolute atomic E-state index is 8.97. The van der Waals surface area contributed by atoms with E-state index in [2.05, 4.69) is 42.6 Å². The third-order valence-electron chi connectivity index (χ3n) is 4.00. The van der Waals surface area contributed by atoms with Crippen molar-refractivity contribution in [2.45, 2.75) is 32.2 Å². The third-order valence-corrected chi connectivity index (χ3v) is 4.00. The first-order valence-electron chi connectivity index (χ1n) is 7.14. The Balaban J connectivity index is 1.78. The average Bonchev–Trinajstić information content (AvgIpc) is 2.95. The van der Waals surface area contributed by atoms with E-state index in [0.29, 0.717) is 5.56 Å². The van der Waals surface area contributed by atoms with Crippen molar-refractivity contribution in [2.24, 2.45) is 0 Å². The van der Waals surface area contributed by atoms with Crippen LogP contribution in [-0.2, 0) is 12.8 Å². The van der Waals surface area contributed by atoms with Gasteiger partial charge in [0.25, 0.3) is 0 Å². The molecule has 1 unspecified atom stereocenters. The summed E-state index contributed by atoms with van der Waals surface area (Å²) in [5, 5.41) is 12.5. The summed E-state index contributed by atoms with van der Waals surface area (Å²) in [6.45, 7) is 2.13. The third kappa shape index (κ3) is 2.53. The van der Waals surface area contributed by atoms with Gasteiger partial charge >= 0.3 is 0 Å². The van der Waals surface area contributed by atoms with Crippen molar-refractivity contribution in [3.05, 3.63) is 64.7 Å². The molecule has 0 saturated heterocycles. The molecule has 0 radical (unpaired) electrons. The van der Waals surface area contributed by atoms with Gasteiger partial charge in [-0.25, -0.2) is 0 Å². The lowest BCUT2D eigenvalue weighted by atomic mass is 10.0. The molecule has 0 amide bonds. The molecule has 0 fully saturated rings. The number of hydrogen-bond acceptors (Lipinski definition) is 2. The molecule has 0 bridgehead atoms. The molecule has 2 aromatic carbocycles. The maximum atomic E-state index is 8.97. The first kappa shape index (κ1) is 12.7. The number of anilines is 1. The first-order valence-corrected chi connectivity index (χ1v) is 7.14. The zero-order valence-corrected chi connectivity index (χ0v) is 11.7. The molecule has 0 heterocycles. The predicted molar refractivity (Wildman–Crippen MR) is 81.7 cm³/mol. The number of benzene rings is 2. The molecule has 20 heavy (non-hydrogen) atoms. The zero-order chi connectivity index (χ0) is 13.9. The zero-order valence-electron chi connectivity index (χ0n) is 11.7. The van der Waals surface area contributed by atoms with Crippen molar-refractivity contribution < 1.29 is 0 Å². The van der Waals surface area contributed by atoms with E-state index in [0.717, 1.165) is 5.56 Å². The predicted octanol–water partition coefficient (Wildman–Crippen LogP) is 4.22. The molecule has 1 N–H and O–H groups in total. The summed E-state index contributed by atoms with van der Waals surface area (Å²) in [4.78, 5) is 0. The number of hydrogen-bond donors (Lipinski definition) is 1. The molecule has 2 heteroatoms. The monoisotopic (exact) mass is 262 g/mol. The van der Waals surface area contributed by atoms with Gasteiger partial charge in [-0.3, -0.25) is 0 Å². The van der Waals surface area contributed by atoms with Crippen molar-refractivity contribution in [3.63, 3.8) is 0 Å². The fourth-order valence-corrected chi connectivity index (χ4v) is 2.87. The Kier molecular flexibility index (Phi) is 3.43. The first-order chi connectivity index (χ1) is 9.76. The minimum atomic E-state index is 0.197. The van der Waals surface area contributed by atoms with Gasteiger partial charge in [0.2, 0.25) is 0 Å². The Morgan fingerprint density at radius 1 is 1.10 bits per heavy atom. The summed E-state index contributed by atoms with van der Waals surface area (Å²) in [6, 6.07) is 16.8. The standard InChI is InChI=1S/C18H18N2/c1-13(16-6-2-4-14(10-16)12-19)20-18-9-8-15-5-3-7-17(15)11-18/h2,4,6,8-11,13,20H,3,5,7H2,1H3. The van der Waals surface area contributed by atoms with Gasteiger partial charge in [0.05, 0.1) is 11.6 Å². The van der Waals surface area contributed by atoms with Crippen LogP contribution in [0.3, 0.4) is 0 Å². The fourth-order valence-electron chi connectivity index (χ4n) is 2.87. The van der Waals surface area contributed by atoms with E-state index < -0.39 is 0 Å². The Hall–Kier alpha value is -2.27. The van der Waals surface area contributed by atoms with Gasteiger partial charge < -0.3 is 5.32 Å². The van der Waals surface area contributed by atoms with E-state index in [1.54, 1.807) is 0 Å². The summed E-state index contributed by atoms with van der Waals surface area (Å²) in [6.07, 6.45) is 3.69. The minimum Gasteiger partial charge on any atom is -0.379 e. The lowest BCUT2D eigenvalue weighted by Gasteiger charge is -2.16. The van der Waals surface area contributed by atoms with Gasteiger partial charge in [-0.1, -0.05) is 18.2 Å². The second-order valence-electron chi connectivity index (χ2n) is 5.44. The van der Waals surface area contributed by atoms with Crippen molar-refractivity contribution in [3.8, 4) is 6.07 Å². The number of nitrogens with zero attached hydrogens (tertiary/aromatic N) is 1. The van der Waals surface area contributed by atoms with Gasteiger partial charge in [-0.05, 0) is 67.1 Å². The molecule has 2 nitrogen and oxygen atoms in total. The fraction of sp³-hybridized carbons (Fsp3) is 0.278. The van der Waals surface area contributed by atoms with Gasteiger partial charge in [0.1, 0.15) is 0 Å². The highest BCUT2D eigenvalue weighted by Crippen LogP contribution is 2.27. The summed E-state index contributed by atoms with van der Waals surface area (Å²) in [5.41, 5.74) is 6.00. The molecule has 3 rings (SSSR count). The highest BCUT2D eigenvalue weighted by molar-refractivity contribution is 5.51. The molecule has 100 valence electrons. The Bertz CT molecular complexity index is 667. The Labute approximate surface area is 120 Å². The second-order valence-corrected chi connectivity index (χ2v) is 5.44. The van der Waals surface area contributed by atoms with Crippen molar-refractivity contribution in [1.29, 1.82) is 5.26 Å². The number of fused-ring (bicyclic) bond motifs is 1. The summed E-state index contributed by atoms with van der Waals surface area (Å²) in [7, 11) is 0. The number of nitriles is 1. The summed E-state index contributed by atoms with van der Waals surface area (Å²) >= 11 is 0. The van der Waals surface area contributed by atoms with Gasteiger partial charge in [0, 0.05) is 11.7 Å².